The Hall–Kier alpha value is -1.75. The van der Waals surface area contributed by atoms with Crippen LogP contribution in [-0.2, 0) is 0 Å². The van der Waals surface area contributed by atoms with E-state index in [0.29, 0.717) is 12.6 Å². The van der Waals surface area contributed by atoms with E-state index in [0.717, 1.165) is 43.8 Å². The van der Waals surface area contributed by atoms with E-state index < -0.39 is 0 Å². The first-order valence-corrected chi connectivity index (χ1v) is 7.67. The Kier molecular flexibility index (Phi) is 5.87. The number of hydrogen-bond acceptors (Lipinski definition) is 3. The van der Waals surface area contributed by atoms with Gasteiger partial charge in [0.25, 0.3) is 0 Å². The normalized spacial score (nSPS) is 16.5. The second-order valence-electron chi connectivity index (χ2n) is 5.53. The van der Waals surface area contributed by atoms with Gasteiger partial charge >= 0.3 is 6.03 Å². The second-order valence-corrected chi connectivity index (χ2v) is 5.53. The highest BCUT2D eigenvalue weighted by atomic mass is 16.5. The molecule has 5 nitrogen and oxygen atoms in total. The summed E-state index contributed by atoms with van der Waals surface area (Å²) in [7, 11) is 2.14. The number of carbonyl (C=O) groups is 1. The molecule has 1 aliphatic heterocycles. The molecule has 0 aromatic heterocycles. The highest BCUT2D eigenvalue weighted by molar-refractivity contribution is 5.89. The third-order valence-corrected chi connectivity index (χ3v) is 3.62. The first kappa shape index (κ1) is 15.6. The van der Waals surface area contributed by atoms with Crippen LogP contribution in [0.25, 0.3) is 0 Å². The van der Waals surface area contributed by atoms with Gasteiger partial charge in [-0.15, -0.1) is 0 Å². The van der Waals surface area contributed by atoms with Crippen LogP contribution < -0.4 is 15.4 Å². The Morgan fingerprint density at radius 3 is 2.57 bits per heavy atom. The quantitative estimate of drug-likeness (QED) is 0.877. The summed E-state index contributed by atoms with van der Waals surface area (Å²) in [5.41, 5.74) is 0.777. The number of rotatable bonds is 5. The Labute approximate surface area is 126 Å². The number of hydrogen-bond donors (Lipinski definition) is 2. The van der Waals surface area contributed by atoms with Gasteiger partial charge in [-0.2, -0.15) is 0 Å². The summed E-state index contributed by atoms with van der Waals surface area (Å²) in [5, 5.41) is 5.58. The maximum atomic E-state index is 11.5. The van der Waals surface area contributed by atoms with Crippen LogP contribution in [0, 0.1) is 0 Å². The lowest BCUT2D eigenvalue weighted by molar-refractivity contribution is 0.114. The molecule has 1 aromatic carbocycles. The number of benzene rings is 1. The fourth-order valence-corrected chi connectivity index (χ4v) is 2.33. The van der Waals surface area contributed by atoms with E-state index in [1.807, 2.05) is 31.2 Å². The van der Waals surface area contributed by atoms with Crippen LogP contribution in [0.15, 0.2) is 24.3 Å². The lowest BCUT2D eigenvalue weighted by Gasteiger charge is -2.29. The Balaban J connectivity index is 1.80. The van der Waals surface area contributed by atoms with Gasteiger partial charge in [-0.3, -0.25) is 0 Å². The molecule has 0 bridgehead atoms. The molecule has 21 heavy (non-hydrogen) atoms. The Morgan fingerprint density at radius 1 is 1.29 bits per heavy atom. The van der Waals surface area contributed by atoms with Gasteiger partial charge in [-0.05, 0) is 50.6 Å². The standard InChI is InChI=1S/C16H25N3O2/c1-3-10-17-16(20)18-13-4-6-14(7-5-13)21-15-8-11-19(2)12-9-15/h4-7,15H,3,8-12H2,1-2H3,(H2,17,18,20). The topological polar surface area (TPSA) is 53.6 Å². The van der Waals surface area contributed by atoms with Crippen molar-refractivity contribution in [2.75, 3.05) is 32.0 Å². The first-order valence-electron chi connectivity index (χ1n) is 7.67. The van der Waals surface area contributed by atoms with E-state index in [9.17, 15) is 4.79 Å². The molecule has 0 radical (unpaired) electrons. The van der Waals surface area contributed by atoms with E-state index in [2.05, 4.69) is 22.6 Å². The molecule has 2 N–H and O–H groups in total. The summed E-state index contributed by atoms with van der Waals surface area (Å²) in [4.78, 5) is 13.9. The highest BCUT2D eigenvalue weighted by Crippen LogP contribution is 2.20. The molecule has 2 rings (SSSR count). The molecule has 0 spiro atoms. The van der Waals surface area contributed by atoms with Crippen LogP contribution in [-0.4, -0.2) is 43.7 Å². The number of nitrogens with zero attached hydrogens (tertiary/aromatic N) is 1. The number of likely N-dealkylation sites (tertiary alicyclic amines) is 1. The molecular formula is C16H25N3O2. The lowest BCUT2D eigenvalue weighted by Crippen LogP contribution is -2.35. The van der Waals surface area contributed by atoms with Gasteiger partial charge < -0.3 is 20.3 Å². The van der Waals surface area contributed by atoms with Crippen LogP contribution in [0.1, 0.15) is 26.2 Å². The Morgan fingerprint density at radius 2 is 1.95 bits per heavy atom. The molecule has 1 fully saturated rings. The van der Waals surface area contributed by atoms with E-state index in [-0.39, 0.29) is 6.03 Å². The summed E-state index contributed by atoms with van der Waals surface area (Å²) in [6.07, 6.45) is 3.36. The predicted molar refractivity (Wildman–Crippen MR) is 84.9 cm³/mol. The summed E-state index contributed by atoms with van der Waals surface area (Å²) < 4.78 is 5.97. The number of amides is 2. The Bertz CT molecular complexity index is 439. The van der Waals surface area contributed by atoms with Crippen molar-refractivity contribution in [3.8, 4) is 5.75 Å². The first-order chi connectivity index (χ1) is 10.2. The third kappa shape index (κ3) is 5.27. The van der Waals surface area contributed by atoms with Crippen molar-refractivity contribution in [3.63, 3.8) is 0 Å². The van der Waals surface area contributed by atoms with Crippen LogP contribution in [0.3, 0.4) is 0 Å². The van der Waals surface area contributed by atoms with Gasteiger partial charge in [0, 0.05) is 25.3 Å². The van der Waals surface area contributed by atoms with Crippen molar-refractivity contribution in [3.05, 3.63) is 24.3 Å². The molecule has 116 valence electrons. The van der Waals surface area contributed by atoms with E-state index in [1.165, 1.54) is 0 Å². The van der Waals surface area contributed by atoms with E-state index in [1.54, 1.807) is 0 Å². The summed E-state index contributed by atoms with van der Waals surface area (Å²) in [5.74, 6) is 0.865. The average Bonchev–Trinajstić information content (AvgIpc) is 2.49. The lowest BCUT2D eigenvalue weighted by atomic mass is 10.1. The number of piperidine rings is 1. The molecule has 5 heteroatoms. The van der Waals surface area contributed by atoms with Crippen LogP contribution >= 0.6 is 0 Å². The zero-order valence-electron chi connectivity index (χ0n) is 12.9. The van der Waals surface area contributed by atoms with Crippen molar-refractivity contribution in [2.45, 2.75) is 32.3 Å². The zero-order valence-corrected chi connectivity index (χ0v) is 12.9. The number of carbonyl (C=O) groups excluding carboxylic acids is 1. The number of nitrogens with one attached hydrogen (secondary N) is 2. The molecule has 1 aromatic rings. The fourth-order valence-electron chi connectivity index (χ4n) is 2.33. The van der Waals surface area contributed by atoms with Crippen molar-refractivity contribution in [2.24, 2.45) is 0 Å². The van der Waals surface area contributed by atoms with Crippen molar-refractivity contribution >= 4 is 11.7 Å². The molecule has 1 heterocycles. The average molecular weight is 291 g/mol. The van der Waals surface area contributed by atoms with Crippen LogP contribution in [0.4, 0.5) is 10.5 Å². The number of anilines is 1. The van der Waals surface area contributed by atoms with E-state index >= 15 is 0 Å². The van der Waals surface area contributed by atoms with Gasteiger partial charge in [-0.25, -0.2) is 4.79 Å². The smallest absolute Gasteiger partial charge is 0.319 e. The molecular weight excluding hydrogens is 266 g/mol. The second kappa shape index (κ2) is 7.88. The van der Waals surface area contributed by atoms with E-state index in [4.69, 9.17) is 4.74 Å². The molecule has 0 saturated carbocycles. The van der Waals surface area contributed by atoms with Crippen molar-refractivity contribution in [1.82, 2.24) is 10.2 Å². The minimum Gasteiger partial charge on any atom is -0.490 e. The zero-order chi connectivity index (χ0) is 15.1. The molecule has 1 saturated heterocycles. The van der Waals surface area contributed by atoms with Gasteiger partial charge in [0.1, 0.15) is 11.9 Å². The molecule has 1 aliphatic rings. The number of ether oxygens (including phenoxy) is 1. The SMILES string of the molecule is CCCNC(=O)Nc1ccc(OC2CCN(C)CC2)cc1. The fraction of sp³-hybridized carbons (Fsp3) is 0.562. The van der Waals surface area contributed by atoms with Crippen LogP contribution in [0.5, 0.6) is 5.75 Å². The largest absolute Gasteiger partial charge is 0.490 e. The van der Waals surface area contributed by atoms with Gasteiger partial charge in [0.15, 0.2) is 0 Å². The monoisotopic (exact) mass is 291 g/mol. The summed E-state index contributed by atoms with van der Waals surface area (Å²) >= 11 is 0. The van der Waals surface area contributed by atoms with Gasteiger partial charge in [0.2, 0.25) is 0 Å². The molecule has 0 atom stereocenters. The van der Waals surface area contributed by atoms with Crippen LogP contribution in [0.2, 0.25) is 0 Å². The minimum absolute atomic E-state index is 0.166. The molecule has 0 aliphatic carbocycles. The molecule has 2 amide bonds. The molecule has 0 unspecified atom stereocenters. The minimum atomic E-state index is -0.166. The highest BCUT2D eigenvalue weighted by Gasteiger charge is 2.17. The van der Waals surface area contributed by atoms with Gasteiger partial charge in [-0.1, -0.05) is 6.92 Å². The maximum absolute atomic E-state index is 11.5. The van der Waals surface area contributed by atoms with Crippen molar-refractivity contribution < 1.29 is 9.53 Å². The number of urea groups is 1. The maximum Gasteiger partial charge on any atom is 0.319 e. The third-order valence-electron chi connectivity index (χ3n) is 3.62. The van der Waals surface area contributed by atoms with Gasteiger partial charge in [0.05, 0.1) is 0 Å². The summed E-state index contributed by atoms with van der Waals surface area (Å²) in [6, 6.07) is 7.40. The summed E-state index contributed by atoms with van der Waals surface area (Å²) in [6.45, 7) is 4.88. The predicted octanol–water partition coefficient (Wildman–Crippen LogP) is 2.69. The van der Waals surface area contributed by atoms with Crippen molar-refractivity contribution in [1.29, 1.82) is 0 Å².